The highest BCUT2D eigenvalue weighted by Gasteiger charge is 2.17. The van der Waals surface area contributed by atoms with Crippen molar-refractivity contribution >= 4 is 21.7 Å². The van der Waals surface area contributed by atoms with Crippen molar-refractivity contribution in [2.45, 2.75) is 20.3 Å². The summed E-state index contributed by atoms with van der Waals surface area (Å²) in [5.41, 5.74) is -0.331. The number of sulfonamides is 1. The molecular weight excluding hydrogens is 270 g/mol. The summed E-state index contributed by atoms with van der Waals surface area (Å²) in [4.78, 5) is 11.0. The Morgan fingerprint density at radius 3 is 2.53 bits per heavy atom. The van der Waals surface area contributed by atoms with Crippen LogP contribution in [0.2, 0.25) is 0 Å². The molecule has 0 fully saturated rings. The van der Waals surface area contributed by atoms with Gasteiger partial charge >= 0.3 is 5.97 Å². The highest BCUT2D eigenvalue weighted by molar-refractivity contribution is 7.92. The van der Waals surface area contributed by atoms with E-state index >= 15 is 0 Å². The maximum atomic E-state index is 11.8. The predicted molar refractivity (Wildman–Crippen MR) is 71.9 cm³/mol. The molecular formula is C12H17NO5S. The third-order valence-electron chi connectivity index (χ3n) is 2.46. The minimum Gasteiger partial charge on any atom is -0.508 e. The summed E-state index contributed by atoms with van der Waals surface area (Å²) in [6.07, 6.45) is 0.482. The van der Waals surface area contributed by atoms with Gasteiger partial charge in [0.2, 0.25) is 10.0 Å². The lowest BCUT2D eigenvalue weighted by Gasteiger charge is -2.11. The zero-order chi connectivity index (χ0) is 14.6. The Morgan fingerprint density at radius 2 is 2.00 bits per heavy atom. The van der Waals surface area contributed by atoms with Crippen molar-refractivity contribution in [2.24, 2.45) is 5.92 Å². The van der Waals surface area contributed by atoms with Crippen molar-refractivity contribution in [1.82, 2.24) is 0 Å². The number of phenols is 1. The second-order valence-electron chi connectivity index (χ2n) is 4.64. The van der Waals surface area contributed by atoms with Crippen molar-refractivity contribution in [1.29, 1.82) is 0 Å². The van der Waals surface area contributed by atoms with Gasteiger partial charge in [0.05, 0.1) is 17.0 Å². The molecule has 0 amide bonds. The number of benzene rings is 1. The van der Waals surface area contributed by atoms with Crippen LogP contribution in [0.15, 0.2) is 18.2 Å². The summed E-state index contributed by atoms with van der Waals surface area (Å²) < 4.78 is 25.8. The number of hydrogen-bond donors (Lipinski definition) is 3. The van der Waals surface area contributed by atoms with Crippen molar-refractivity contribution < 1.29 is 23.4 Å². The maximum absolute atomic E-state index is 11.8. The molecule has 7 heteroatoms. The molecule has 19 heavy (non-hydrogen) atoms. The van der Waals surface area contributed by atoms with Crippen LogP contribution in [0.1, 0.15) is 30.6 Å². The Morgan fingerprint density at radius 1 is 1.37 bits per heavy atom. The van der Waals surface area contributed by atoms with Crippen LogP contribution >= 0.6 is 0 Å². The Hall–Kier alpha value is -1.76. The van der Waals surface area contributed by atoms with Gasteiger partial charge < -0.3 is 10.2 Å². The van der Waals surface area contributed by atoms with Crippen molar-refractivity contribution in [3.63, 3.8) is 0 Å². The molecule has 0 unspecified atom stereocenters. The van der Waals surface area contributed by atoms with E-state index in [4.69, 9.17) is 5.11 Å². The first-order valence-corrected chi connectivity index (χ1v) is 7.43. The number of anilines is 1. The van der Waals surface area contributed by atoms with Crippen LogP contribution in [0.5, 0.6) is 5.75 Å². The standard InChI is InChI=1S/C12H17NO5S/c1-8(2)5-6-19(17,18)13-11-4-3-9(14)7-10(11)12(15)16/h3-4,7-8,13-14H,5-6H2,1-2H3,(H,15,16). The number of carbonyl (C=O) groups is 1. The highest BCUT2D eigenvalue weighted by Crippen LogP contribution is 2.22. The summed E-state index contributed by atoms with van der Waals surface area (Å²) in [5.74, 6) is -1.39. The number of phenolic OH excluding ortho intramolecular Hbond substituents is 1. The predicted octanol–water partition coefficient (Wildman–Crippen LogP) is 1.88. The van der Waals surface area contributed by atoms with Gasteiger partial charge in [-0.3, -0.25) is 4.72 Å². The Balaban J connectivity index is 2.96. The minimum absolute atomic E-state index is 0.0472. The van der Waals surface area contributed by atoms with Gasteiger partial charge in [0.25, 0.3) is 0 Å². The Bertz CT molecular complexity index is 565. The molecule has 1 rings (SSSR count). The lowest BCUT2D eigenvalue weighted by Crippen LogP contribution is -2.19. The zero-order valence-electron chi connectivity index (χ0n) is 10.8. The summed E-state index contributed by atoms with van der Waals surface area (Å²) in [5, 5.41) is 18.2. The summed E-state index contributed by atoms with van der Waals surface area (Å²) in [6.45, 7) is 3.80. The molecule has 0 aliphatic carbocycles. The van der Waals surface area contributed by atoms with E-state index in [2.05, 4.69) is 4.72 Å². The van der Waals surface area contributed by atoms with E-state index in [0.717, 1.165) is 6.07 Å². The summed E-state index contributed by atoms with van der Waals surface area (Å²) in [7, 11) is -3.59. The van der Waals surface area contributed by atoms with Gasteiger partial charge in [0, 0.05) is 0 Å². The van der Waals surface area contributed by atoms with Gasteiger partial charge in [-0.05, 0) is 30.5 Å². The average molecular weight is 287 g/mol. The molecule has 0 aromatic heterocycles. The van der Waals surface area contributed by atoms with Gasteiger partial charge in [0.15, 0.2) is 0 Å². The van der Waals surface area contributed by atoms with Crippen LogP contribution < -0.4 is 4.72 Å². The largest absolute Gasteiger partial charge is 0.508 e. The molecule has 0 aliphatic heterocycles. The van der Waals surface area contributed by atoms with Gasteiger partial charge in [-0.15, -0.1) is 0 Å². The van der Waals surface area contributed by atoms with Crippen molar-refractivity contribution in [2.75, 3.05) is 10.5 Å². The fraction of sp³-hybridized carbons (Fsp3) is 0.417. The van der Waals surface area contributed by atoms with E-state index < -0.39 is 16.0 Å². The first-order chi connectivity index (χ1) is 8.71. The van der Waals surface area contributed by atoms with Gasteiger partial charge in [-0.2, -0.15) is 0 Å². The van der Waals surface area contributed by atoms with Gasteiger partial charge in [0.1, 0.15) is 5.75 Å². The monoisotopic (exact) mass is 287 g/mol. The number of aromatic carboxylic acids is 1. The number of aromatic hydroxyl groups is 1. The van der Waals surface area contributed by atoms with E-state index in [0.29, 0.717) is 6.42 Å². The van der Waals surface area contributed by atoms with Crippen molar-refractivity contribution in [3.05, 3.63) is 23.8 Å². The zero-order valence-corrected chi connectivity index (χ0v) is 11.6. The normalized spacial score (nSPS) is 11.5. The summed E-state index contributed by atoms with van der Waals surface area (Å²) >= 11 is 0. The first-order valence-electron chi connectivity index (χ1n) is 5.78. The molecule has 0 saturated heterocycles. The van der Waals surface area contributed by atoms with Crippen LogP contribution in [0.25, 0.3) is 0 Å². The number of rotatable bonds is 6. The Labute approximate surface area is 112 Å². The van der Waals surface area contributed by atoms with Crippen molar-refractivity contribution in [3.8, 4) is 5.75 Å². The number of hydrogen-bond acceptors (Lipinski definition) is 4. The topological polar surface area (TPSA) is 104 Å². The van der Waals surface area contributed by atoms with E-state index in [9.17, 15) is 18.3 Å². The molecule has 0 heterocycles. The number of nitrogens with one attached hydrogen (secondary N) is 1. The fourth-order valence-corrected chi connectivity index (χ4v) is 2.80. The number of carboxylic acid groups (broad SMARTS) is 1. The SMILES string of the molecule is CC(C)CCS(=O)(=O)Nc1ccc(O)cc1C(=O)O. The second-order valence-corrected chi connectivity index (χ2v) is 6.48. The van der Waals surface area contributed by atoms with Crippen LogP contribution in [0.4, 0.5) is 5.69 Å². The smallest absolute Gasteiger partial charge is 0.337 e. The van der Waals surface area contributed by atoms with E-state index in [1.807, 2.05) is 13.8 Å². The molecule has 3 N–H and O–H groups in total. The van der Waals surface area contributed by atoms with Gasteiger partial charge in [-0.25, -0.2) is 13.2 Å². The third kappa shape index (κ3) is 4.78. The maximum Gasteiger partial charge on any atom is 0.337 e. The average Bonchev–Trinajstić information content (AvgIpc) is 2.28. The van der Waals surface area contributed by atoms with Crippen LogP contribution in [0.3, 0.4) is 0 Å². The lowest BCUT2D eigenvalue weighted by molar-refractivity contribution is 0.0697. The van der Waals surface area contributed by atoms with E-state index in [-0.39, 0.29) is 28.7 Å². The molecule has 0 atom stereocenters. The van der Waals surface area contributed by atoms with E-state index in [1.165, 1.54) is 12.1 Å². The molecule has 0 radical (unpaired) electrons. The summed E-state index contributed by atoms with van der Waals surface area (Å²) in [6, 6.07) is 3.46. The third-order valence-corrected chi connectivity index (χ3v) is 3.77. The second kappa shape index (κ2) is 5.92. The fourth-order valence-electron chi connectivity index (χ4n) is 1.41. The molecule has 6 nitrogen and oxygen atoms in total. The molecule has 0 aliphatic rings. The quantitative estimate of drug-likeness (QED) is 0.693. The molecule has 0 saturated carbocycles. The molecule has 0 bridgehead atoms. The first kappa shape index (κ1) is 15.3. The lowest BCUT2D eigenvalue weighted by atomic mass is 10.2. The molecule has 1 aromatic carbocycles. The van der Waals surface area contributed by atoms with Crippen LogP contribution in [-0.4, -0.2) is 30.4 Å². The van der Waals surface area contributed by atoms with Crippen LogP contribution in [0, 0.1) is 5.92 Å². The Kier molecular flexibility index (Phi) is 4.77. The van der Waals surface area contributed by atoms with E-state index in [1.54, 1.807) is 0 Å². The minimum atomic E-state index is -3.59. The highest BCUT2D eigenvalue weighted by atomic mass is 32.2. The van der Waals surface area contributed by atoms with Crippen LogP contribution in [-0.2, 0) is 10.0 Å². The van der Waals surface area contributed by atoms with Gasteiger partial charge in [-0.1, -0.05) is 13.8 Å². The number of carboxylic acids is 1. The molecule has 106 valence electrons. The molecule has 0 spiro atoms. The molecule has 1 aromatic rings.